The number of aliphatic imine (C=N–C) groups is 1. The van der Waals surface area contributed by atoms with E-state index < -0.39 is 17.3 Å². The van der Waals surface area contributed by atoms with E-state index in [0.29, 0.717) is 22.7 Å². The van der Waals surface area contributed by atoms with E-state index in [1.165, 1.54) is 27.0 Å². The number of pyridine rings is 1. The number of nitrogens with zero attached hydrogens (tertiary/aromatic N) is 2. The molecule has 0 bridgehead atoms. The summed E-state index contributed by atoms with van der Waals surface area (Å²) in [5, 5.41) is 0. The van der Waals surface area contributed by atoms with E-state index >= 15 is 0 Å². The zero-order chi connectivity index (χ0) is 17.7. The number of aryl methyl sites for hydroxylation is 1. The Morgan fingerprint density at radius 3 is 2.50 bits per heavy atom. The molecule has 0 saturated heterocycles. The van der Waals surface area contributed by atoms with Crippen molar-refractivity contribution in [2.75, 3.05) is 7.11 Å². The van der Waals surface area contributed by atoms with Crippen LogP contribution in [0.1, 0.15) is 36.2 Å². The van der Waals surface area contributed by atoms with Crippen molar-refractivity contribution in [3.05, 3.63) is 58.7 Å². The standard InChI is InChI=1S/C18H17F3N2O/c1-10-15(24-4)7-11(9-22-10)16-13-6-5-12(19)8-14(13)18(20,21)17(2,3)23-16/h5-9H,1-4H3. The monoisotopic (exact) mass is 334 g/mol. The van der Waals surface area contributed by atoms with Crippen molar-refractivity contribution in [2.24, 2.45) is 4.99 Å². The van der Waals surface area contributed by atoms with Gasteiger partial charge in [-0.2, -0.15) is 8.78 Å². The summed E-state index contributed by atoms with van der Waals surface area (Å²) in [5.74, 6) is -3.45. The summed E-state index contributed by atoms with van der Waals surface area (Å²) in [7, 11) is 1.51. The van der Waals surface area contributed by atoms with Gasteiger partial charge < -0.3 is 4.74 Å². The van der Waals surface area contributed by atoms with Crippen LogP contribution < -0.4 is 4.74 Å². The Labute approximate surface area is 138 Å². The molecule has 24 heavy (non-hydrogen) atoms. The van der Waals surface area contributed by atoms with Crippen LogP contribution in [0.5, 0.6) is 5.75 Å². The molecule has 1 aliphatic heterocycles. The SMILES string of the molecule is COc1cc(C2=NC(C)(C)C(F)(F)c3cc(F)ccc32)cnc1C. The van der Waals surface area contributed by atoms with Crippen LogP contribution >= 0.6 is 0 Å². The predicted molar refractivity (Wildman–Crippen MR) is 85.5 cm³/mol. The third kappa shape index (κ3) is 2.37. The Morgan fingerprint density at radius 2 is 1.83 bits per heavy atom. The Hall–Kier alpha value is -2.37. The average molecular weight is 334 g/mol. The molecule has 2 aromatic rings. The van der Waals surface area contributed by atoms with Gasteiger partial charge in [0.05, 0.1) is 18.5 Å². The number of ether oxygens (including phenoxy) is 1. The van der Waals surface area contributed by atoms with Crippen molar-refractivity contribution >= 4 is 5.71 Å². The van der Waals surface area contributed by atoms with Gasteiger partial charge in [0.2, 0.25) is 0 Å². The number of methoxy groups -OCH3 is 1. The van der Waals surface area contributed by atoms with Crippen molar-refractivity contribution in [1.82, 2.24) is 4.98 Å². The second-order valence-corrected chi connectivity index (χ2v) is 6.30. The first kappa shape index (κ1) is 16.5. The van der Waals surface area contributed by atoms with E-state index in [9.17, 15) is 13.2 Å². The number of alkyl halides is 2. The maximum atomic E-state index is 14.7. The van der Waals surface area contributed by atoms with E-state index in [-0.39, 0.29) is 11.1 Å². The summed E-state index contributed by atoms with van der Waals surface area (Å²) < 4.78 is 48.3. The van der Waals surface area contributed by atoms with Crippen molar-refractivity contribution in [3.63, 3.8) is 0 Å². The minimum atomic E-state index is -3.28. The van der Waals surface area contributed by atoms with E-state index in [1.807, 2.05) is 0 Å². The molecular formula is C18H17F3N2O. The second kappa shape index (κ2) is 5.33. The Morgan fingerprint density at radius 1 is 1.12 bits per heavy atom. The molecule has 0 fully saturated rings. The first-order chi connectivity index (χ1) is 11.2. The lowest BCUT2D eigenvalue weighted by Crippen LogP contribution is -2.44. The quantitative estimate of drug-likeness (QED) is 0.822. The van der Waals surface area contributed by atoms with Gasteiger partial charge >= 0.3 is 0 Å². The van der Waals surface area contributed by atoms with Crippen molar-refractivity contribution < 1.29 is 17.9 Å². The van der Waals surface area contributed by atoms with Crippen molar-refractivity contribution in [2.45, 2.75) is 32.2 Å². The Balaban J connectivity index is 2.27. The van der Waals surface area contributed by atoms with Crippen LogP contribution in [0.25, 0.3) is 0 Å². The van der Waals surface area contributed by atoms with Crippen LogP contribution in [0.4, 0.5) is 13.2 Å². The highest BCUT2D eigenvalue weighted by molar-refractivity contribution is 6.14. The molecule has 0 aliphatic carbocycles. The van der Waals surface area contributed by atoms with Crippen LogP contribution in [0.15, 0.2) is 35.5 Å². The molecule has 126 valence electrons. The molecule has 6 heteroatoms. The summed E-state index contributed by atoms with van der Waals surface area (Å²) in [6.45, 7) is 4.45. The molecule has 1 aliphatic rings. The van der Waals surface area contributed by atoms with Crippen molar-refractivity contribution in [3.8, 4) is 5.75 Å². The second-order valence-electron chi connectivity index (χ2n) is 6.30. The molecular weight excluding hydrogens is 317 g/mol. The first-order valence-electron chi connectivity index (χ1n) is 7.46. The van der Waals surface area contributed by atoms with Gasteiger partial charge in [0.1, 0.15) is 17.1 Å². The summed E-state index contributed by atoms with van der Waals surface area (Å²) in [4.78, 5) is 8.49. The largest absolute Gasteiger partial charge is 0.495 e. The maximum absolute atomic E-state index is 14.7. The lowest BCUT2D eigenvalue weighted by molar-refractivity contribution is -0.0684. The van der Waals surface area contributed by atoms with E-state index in [4.69, 9.17) is 4.74 Å². The van der Waals surface area contributed by atoms with E-state index in [1.54, 1.807) is 19.2 Å². The van der Waals surface area contributed by atoms with Crippen LogP contribution in [-0.2, 0) is 5.92 Å². The van der Waals surface area contributed by atoms with Crippen molar-refractivity contribution in [1.29, 1.82) is 0 Å². The number of halogens is 3. The summed E-state index contributed by atoms with van der Waals surface area (Å²) in [6.07, 6.45) is 1.56. The third-order valence-corrected chi connectivity index (χ3v) is 4.27. The zero-order valence-electron chi connectivity index (χ0n) is 13.8. The molecule has 2 heterocycles. The molecule has 3 nitrogen and oxygen atoms in total. The maximum Gasteiger partial charge on any atom is 0.298 e. The van der Waals surface area contributed by atoms with Gasteiger partial charge in [-0.25, -0.2) is 4.39 Å². The lowest BCUT2D eigenvalue weighted by atomic mass is 9.81. The minimum absolute atomic E-state index is 0.202. The highest BCUT2D eigenvalue weighted by atomic mass is 19.3. The molecule has 0 saturated carbocycles. The molecule has 1 aromatic carbocycles. The molecule has 0 spiro atoms. The van der Waals surface area contributed by atoms with Crippen LogP contribution in [0.3, 0.4) is 0 Å². The number of hydrogen-bond acceptors (Lipinski definition) is 3. The third-order valence-electron chi connectivity index (χ3n) is 4.27. The molecule has 0 amide bonds. The van der Waals surface area contributed by atoms with E-state index in [2.05, 4.69) is 9.98 Å². The van der Waals surface area contributed by atoms with Gasteiger partial charge in [-0.3, -0.25) is 9.98 Å². The fourth-order valence-corrected chi connectivity index (χ4v) is 2.79. The fourth-order valence-electron chi connectivity index (χ4n) is 2.79. The van der Waals surface area contributed by atoms with Crippen LogP contribution in [-0.4, -0.2) is 23.3 Å². The fraction of sp³-hybridized carbons (Fsp3) is 0.333. The highest BCUT2D eigenvalue weighted by Gasteiger charge is 2.53. The molecule has 0 unspecified atom stereocenters. The van der Waals surface area contributed by atoms with Gasteiger partial charge in [-0.15, -0.1) is 0 Å². The minimum Gasteiger partial charge on any atom is -0.495 e. The first-order valence-corrected chi connectivity index (χ1v) is 7.46. The van der Waals surface area contributed by atoms with Gasteiger partial charge in [0.15, 0.2) is 0 Å². The van der Waals surface area contributed by atoms with Gasteiger partial charge in [-0.1, -0.05) is 0 Å². The molecule has 0 radical (unpaired) electrons. The number of aromatic nitrogens is 1. The van der Waals surface area contributed by atoms with E-state index in [0.717, 1.165) is 12.1 Å². The number of hydrogen-bond donors (Lipinski definition) is 0. The number of benzene rings is 1. The molecule has 0 N–H and O–H groups in total. The molecule has 3 rings (SSSR count). The Bertz CT molecular complexity index is 844. The van der Waals surface area contributed by atoms with Crippen LogP contribution in [0, 0.1) is 12.7 Å². The number of rotatable bonds is 2. The molecule has 0 atom stereocenters. The van der Waals surface area contributed by atoms with Crippen LogP contribution in [0.2, 0.25) is 0 Å². The molecule has 1 aromatic heterocycles. The summed E-state index contributed by atoms with van der Waals surface area (Å²) >= 11 is 0. The lowest BCUT2D eigenvalue weighted by Gasteiger charge is -2.37. The summed E-state index contributed by atoms with van der Waals surface area (Å²) in [5.41, 5.74) is -0.283. The predicted octanol–water partition coefficient (Wildman–Crippen LogP) is 4.26. The normalized spacial score (nSPS) is 17.9. The zero-order valence-corrected chi connectivity index (χ0v) is 13.8. The van der Waals surface area contributed by atoms with Gasteiger partial charge in [0.25, 0.3) is 5.92 Å². The highest BCUT2D eigenvalue weighted by Crippen LogP contribution is 2.47. The van der Waals surface area contributed by atoms with Gasteiger partial charge in [-0.05, 0) is 45.0 Å². The summed E-state index contributed by atoms with van der Waals surface area (Å²) in [6, 6.07) is 5.07. The number of fused-ring (bicyclic) bond motifs is 1. The smallest absolute Gasteiger partial charge is 0.298 e. The Kier molecular flexibility index (Phi) is 3.66. The topological polar surface area (TPSA) is 34.5 Å². The average Bonchev–Trinajstić information content (AvgIpc) is 2.52. The van der Waals surface area contributed by atoms with Gasteiger partial charge in [0, 0.05) is 22.9 Å².